The molecule has 3 aromatic carbocycles. The van der Waals surface area contributed by atoms with Crippen LogP contribution >= 0.6 is 11.6 Å². The average molecular weight is 713 g/mol. The number of hydrogen-bond acceptors (Lipinski definition) is 8. The van der Waals surface area contributed by atoms with Gasteiger partial charge in [-0.3, -0.25) is 4.79 Å². The second-order valence-electron chi connectivity index (χ2n) is 12.4. The summed E-state index contributed by atoms with van der Waals surface area (Å²) in [5.74, 6) is -0.416. The maximum Gasteiger partial charge on any atom is 0.293 e. The highest BCUT2D eigenvalue weighted by Crippen LogP contribution is 2.45. The molecule has 4 aromatic rings. The Morgan fingerprint density at radius 2 is 1.70 bits per heavy atom. The highest BCUT2D eigenvalue weighted by atomic mass is 35.5. The van der Waals surface area contributed by atoms with Crippen LogP contribution in [0.4, 0.5) is 11.5 Å². The molecule has 0 spiro atoms. The lowest BCUT2D eigenvalue weighted by Gasteiger charge is -2.26. The number of benzene rings is 3. The van der Waals surface area contributed by atoms with Gasteiger partial charge >= 0.3 is 0 Å². The molecular weight excluding hydrogens is 672 g/mol. The summed E-state index contributed by atoms with van der Waals surface area (Å²) in [5, 5.41) is 11.5. The Bertz CT molecular complexity index is 1920. The number of nitrogens with zero attached hydrogens (tertiary/aromatic N) is 3. The number of rotatable bonds is 17. The minimum atomic E-state index is -3.77. The van der Waals surface area contributed by atoms with Gasteiger partial charge < -0.3 is 20.4 Å². The van der Waals surface area contributed by atoms with Crippen molar-refractivity contribution < 1.29 is 17.9 Å². The summed E-state index contributed by atoms with van der Waals surface area (Å²) in [7, 11) is -3.77. The lowest BCUT2D eigenvalue weighted by molar-refractivity contribution is -0.116. The fourth-order valence-corrected chi connectivity index (χ4v) is 6.50. The number of carbonyl (C=O) groups excluding carboxylic acids is 1. The molecule has 260 valence electrons. The normalized spacial score (nSPS) is 13.8. The zero-order valence-electron chi connectivity index (χ0n) is 28.1. The van der Waals surface area contributed by atoms with E-state index in [0.717, 1.165) is 35.9 Å². The zero-order chi connectivity index (χ0) is 35.6. The van der Waals surface area contributed by atoms with Gasteiger partial charge in [-0.2, -0.15) is 0 Å². The molecule has 0 atom stereocenters. The summed E-state index contributed by atoms with van der Waals surface area (Å²) < 4.78 is 35.2. The molecule has 1 aliphatic rings. The van der Waals surface area contributed by atoms with Gasteiger partial charge in [0.2, 0.25) is 15.8 Å². The summed E-state index contributed by atoms with van der Waals surface area (Å²) in [6.07, 6.45) is 4.59. The predicted molar refractivity (Wildman–Crippen MR) is 199 cm³/mol. The van der Waals surface area contributed by atoms with Crippen molar-refractivity contribution in [2.75, 3.05) is 31.6 Å². The van der Waals surface area contributed by atoms with Crippen LogP contribution in [0, 0.1) is 10.8 Å². The Hall–Kier alpha value is -4.84. The predicted octanol–water partition coefficient (Wildman–Crippen LogP) is 6.96. The topological polar surface area (TPSA) is 137 Å². The fourth-order valence-electron chi connectivity index (χ4n) is 5.18. The molecule has 50 heavy (non-hydrogen) atoms. The number of sulfonamides is 1. The maximum atomic E-state index is 13.5. The molecular formula is C38H41ClN6O4S. The second kappa shape index (κ2) is 16.7. The Labute approximate surface area is 298 Å². The van der Waals surface area contributed by atoms with Crippen molar-refractivity contribution in [2.24, 2.45) is 10.4 Å². The van der Waals surface area contributed by atoms with E-state index in [2.05, 4.69) is 21.9 Å². The molecule has 0 aliphatic heterocycles. The van der Waals surface area contributed by atoms with Gasteiger partial charge in [-0.15, -0.1) is 0 Å². The molecule has 3 N–H and O–H groups in total. The lowest BCUT2D eigenvalue weighted by Crippen LogP contribution is -2.37. The number of allylic oxidation sites excluding steroid dienone is 1. The molecule has 1 aromatic heterocycles. The third-order valence-corrected chi connectivity index (χ3v) is 9.83. The number of halogens is 1. The first-order valence-corrected chi connectivity index (χ1v) is 18.4. The molecule has 0 saturated heterocycles. The van der Waals surface area contributed by atoms with Gasteiger partial charge in [0, 0.05) is 59.3 Å². The van der Waals surface area contributed by atoms with Gasteiger partial charge in [-0.25, -0.2) is 23.1 Å². The summed E-state index contributed by atoms with van der Waals surface area (Å²) >= 11 is 6.11. The molecule has 1 saturated carbocycles. The van der Waals surface area contributed by atoms with Crippen LogP contribution in [-0.4, -0.2) is 62.4 Å². The Morgan fingerprint density at radius 1 is 1.02 bits per heavy atom. The van der Waals surface area contributed by atoms with E-state index in [0.29, 0.717) is 35.2 Å². The summed E-state index contributed by atoms with van der Waals surface area (Å²) in [6, 6.07) is 29.6. The van der Waals surface area contributed by atoms with Gasteiger partial charge in [0.1, 0.15) is 5.70 Å². The number of anilines is 1. The third kappa shape index (κ3) is 10.3. The fraction of sp³-hybridized carbons (Fsp3) is 0.263. The van der Waals surface area contributed by atoms with Crippen LogP contribution < -0.4 is 10.0 Å². The van der Waals surface area contributed by atoms with Crippen molar-refractivity contribution in [1.82, 2.24) is 14.6 Å². The number of nitrogens with one attached hydrogen (secondary N) is 3. The average Bonchev–Trinajstić information content (AvgIpc) is 3.85. The maximum absolute atomic E-state index is 13.5. The molecule has 1 fully saturated rings. The van der Waals surface area contributed by atoms with E-state index in [1.54, 1.807) is 47.5 Å². The van der Waals surface area contributed by atoms with Crippen molar-refractivity contribution in [3.05, 3.63) is 136 Å². The smallest absolute Gasteiger partial charge is 0.293 e. The number of hydrogen-bond donors (Lipinski definition) is 3. The Kier molecular flexibility index (Phi) is 12.2. The van der Waals surface area contributed by atoms with Gasteiger partial charge in [0.05, 0.1) is 18.1 Å². The first-order valence-electron chi connectivity index (χ1n) is 16.4. The number of ether oxygens (including phenoxy) is 1. The zero-order valence-corrected chi connectivity index (χ0v) is 29.7. The molecule has 0 unspecified atom stereocenters. The minimum Gasteiger partial charge on any atom is -0.486 e. The third-order valence-electron chi connectivity index (χ3n) is 8.24. The van der Waals surface area contributed by atoms with Crippen molar-refractivity contribution in [3.8, 4) is 0 Å². The highest BCUT2D eigenvalue weighted by molar-refractivity contribution is 7.88. The number of likely N-dealkylation sites (N-methyl/N-ethyl adjacent to an activating group) is 1. The number of aliphatic imine (C=N–C) groups is 1. The highest BCUT2D eigenvalue weighted by Gasteiger charge is 2.39. The van der Waals surface area contributed by atoms with Crippen molar-refractivity contribution >= 4 is 51.0 Å². The number of pyridine rings is 1. The number of amides is 1. The first kappa shape index (κ1) is 36.4. The van der Waals surface area contributed by atoms with Crippen molar-refractivity contribution in [3.63, 3.8) is 0 Å². The monoisotopic (exact) mass is 712 g/mol. The SMILES string of the molecule is CCN(CCNS(=O)(=O)Cc1ccnc(N=C(c2ccccc2)c2ccccc2)c1)/C(C=N)=C(\OCC1(C)CC1)C(=O)Nc1cccc(Cl)c1. The van der Waals surface area contributed by atoms with Crippen molar-refractivity contribution in [2.45, 2.75) is 32.4 Å². The Balaban J connectivity index is 1.29. The van der Waals surface area contributed by atoms with E-state index in [-0.39, 0.29) is 35.7 Å². The van der Waals surface area contributed by atoms with E-state index in [4.69, 9.17) is 26.7 Å². The largest absolute Gasteiger partial charge is 0.486 e. The van der Waals surface area contributed by atoms with Crippen LogP contribution in [-0.2, 0) is 25.3 Å². The van der Waals surface area contributed by atoms with Gasteiger partial charge in [0.25, 0.3) is 5.91 Å². The number of carbonyl (C=O) groups is 1. The second-order valence-corrected chi connectivity index (χ2v) is 14.6. The van der Waals surface area contributed by atoms with Gasteiger partial charge in [-0.05, 0) is 55.7 Å². The van der Waals surface area contributed by atoms with E-state index in [1.165, 1.54) is 0 Å². The van der Waals surface area contributed by atoms with Gasteiger partial charge in [0.15, 0.2) is 5.82 Å². The Morgan fingerprint density at radius 3 is 2.30 bits per heavy atom. The molecule has 1 heterocycles. The minimum absolute atomic E-state index is 0.00643. The molecule has 1 aliphatic carbocycles. The van der Waals surface area contributed by atoms with Crippen LogP contribution in [0.5, 0.6) is 0 Å². The number of aromatic nitrogens is 1. The van der Waals surface area contributed by atoms with Crippen LogP contribution in [0.25, 0.3) is 0 Å². The molecule has 10 nitrogen and oxygen atoms in total. The summed E-state index contributed by atoms with van der Waals surface area (Å²) in [4.78, 5) is 24.4. The molecule has 5 rings (SSSR count). The molecule has 0 bridgehead atoms. The van der Waals surface area contributed by atoms with Crippen LogP contribution in [0.15, 0.2) is 120 Å². The molecule has 12 heteroatoms. The molecule has 0 radical (unpaired) electrons. The van der Waals surface area contributed by atoms with Gasteiger partial charge in [-0.1, -0.05) is 85.3 Å². The summed E-state index contributed by atoms with van der Waals surface area (Å²) in [6.45, 7) is 4.90. The van der Waals surface area contributed by atoms with E-state index in [1.807, 2.05) is 67.6 Å². The van der Waals surface area contributed by atoms with E-state index in [9.17, 15) is 13.2 Å². The van der Waals surface area contributed by atoms with E-state index >= 15 is 0 Å². The standard InChI is InChI=1S/C38H41ClN6O4S/c1-3-45(33(25-40)36(49-27-38(2)18-19-38)37(46)43-32-16-10-15-31(39)24-32)22-21-42-50(47,48)26-28-17-20-41-34(23-28)44-35(29-11-6-4-7-12-29)30-13-8-5-9-14-30/h4-17,20,23-25,40,42H,3,18-19,21-22,26-27H2,1-2H3,(H,43,46)/b36-33-,40-25?. The van der Waals surface area contributed by atoms with Crippen molar-refractivity contribution in [1.29, 1.82) is 5.41 Å². The van der Waals surface area contributed by atoms with Crippen LogP contribution in [0.2, 0.25) is 5.02 Å². The quantitative estimate of drug-likeness (QED) is 0.0615. The van der Waals surface area contributed by atoms with Crippen LogP contribution in [0.1, 0.15) is 43.4 Å². The molecule has 1 amide bonds. The summed E-state index contributed by atoms with van der Waals surface area (Å²) in [5.41, 5.74) is 3.79. The lowest BCUT2D eigenvalue weighted by atomic mass is 10.0. The van der Waals surface area contributed by atoms with E-state index < -0.39 is 15.9 Å². The first-order chi connectivity index (χ1) is 24.1. The van der Waals surface area contributed by atoms with Crippen LogP contribution in [0.3, 0.4) is 0 Å².